The van der Waals surface area contributed by atoms with Crippen molar-refractivity contribution in [3.05, 3.63) is 57.1 Å². The fraction of sp³-hybridized carbons (Fsp3) is 0.400. The Morgan fingerprint density at radius 3 is 1.48 bits per heavy atom. The molecule has 31 heavy (non-hydrogen) atoms. The third-order valence-corrected chi connectivity index (χ3v) is 6.30. The highest BCUT2D eigenvalue weighted by molar-refractivity contribution is 9.10. The van der Waals surface area contributed by atoms with Gasteiger partial charge in [0.2, 0.25) is 0 Å². The summed E-state index contributed by atoms with van der Waals surface area (Å²) in [6.45, 7) is 7.15. The number of sulfonamides is 1. The highest BCUT2D eigenvalue weighted by atomic mass is 79.9. The quantitative estimate of drug-likeness (QED) is 0.405. The lowest BCUT2D eigenvalue weighted by Crippen LogP contribution is -2.19. The van der Waals surface area contributed by atoms with Gasteiger partial charge in [-0.05, 0) is 53.3 Å². The number of benzene rings is 2. The SMILES string of the molecule is CC(C)c1cc(Br)cc(C(C)C)c1NS(=O)(=O)c1cc(C(F)(F)F)cc(C(F)(F)F)c1. The van der Waals surface area contributed by atoms with E-state index < -0.39 is 38.4 Å². The molecule has 3 nitrogen and oxygen atoms in total. The van der Waals surface area contributed by atoms with E-state index in [2.05, 4.69) is 20.7 Å². The van der Waals surface area contributed by atoms with Crippen LogP contribution in [0.3, 0.4) is 0 Å². The van der Waals surface area contributed by atoms with Crippen molar-refractivity contribution in [1.29, 1.82) is 0 Å². The third kappa shape index (κ3) is 5.94. The van der Waals surface area contributed by atoms with Crippen LogP contribution in [0.15, 0.2) is 39.7 Å². The van der Waals surface area contributed by atoms with Crippen LogP contribution in [0, 0.1) is 0 Å². The van der Waals surface area contributed by atoms with Gasteiger partial charge in [0.15, 0.2) is 0 Å². The number of alkyl halides is 6. The Morgan fingerprint density at radius 1 is 0.774 bits per heavy atom. The average Bonchev–Trinajstić information content (AvgIpc) is 2.60. The third-order valence-electron chi connectivity index (χ3n) is 4.52. The van der Waals surface area contributed by atoms with Gasteiger partial charge in [0, 0.05) is 4.47 Å². The van der Waals surface area contributed by atoms with E-state index in [1.165, 1.54) is 0 Å². The first-order valence-corrected chi connectivity index (χ1v) is 11.4. The van der Waals surface area contributed by atoms with Crippen molar-refractivity contribution >= 4 is 31.6 Å². The second kappa shape index (κ2) is 8.65. The van der Waals surface area contributed by atoms with Gasteiger partial charge in [-0.3, -0.25) is 4.72 Å². The number of rotatable bonds is 5. The van der Waals surface area contributed by atoms with Gasteiger partial charge in [-0.15, -0.1) is 0 Å². The summed E-state index contributed by atoms with van der Waals surface area (Å²) in [5, 5.41) is 0. The molecule has 11 heteroatoms. The molecule has 0 unspecified atom stereocenters. The second-order valence-electron chi connectivity index (χ2n) is 7.62. The number of nitrogens with one attached hydrogen (secondary N) is 1. The molecule has 172 valence electrons. The standard InChI is InChI=1S/C20H20BrF6NO2S/c1-10(2)16-8-14(21)9-17(11(3)4)18(16)28-31(29,30)15-6-12(19(22,23)24)5-13(7-15)20(25,26)27/h5-11,28H,1-4H3. The van der Waals surface area contributed by atoms with Crippen molar-refractivity contribution in [2.75, 3.05) is 4.72 Å². The summed E-state index contributed by atoms with van der Waals surface area (Å²) in [4.78, 5) is -1.12. The lowest BCUT2D eigenvalue weighted by Gasteiger charge is -2.22. The molecule has 0 heterocycles. The molecule has 0 saturated heterocycles. The molecule has 0 amide bonds. The molecular weight excluding hydrogens is 512 g/mol. The van der Waals surface area contributed by atoms with E-state index in [1.807, 2.05) is 0 Å². The normalized spacial score (nSPS) is 13.2. The minimum absolute atomic E-state index is 0.113. The van der Waals surface area contributed by atoms with Crippen LogP contribution in [0.2, 0.25) is 0 Å². The predicted molar refractivity (Wildman–Crippen MR) is 110 cm³/mol. The molecule has 2 aromatic rings. The summed E-state index contributed by atoms with van der Waals surface area (Å²) in [5.74, 6) is -0.361. The maximum absolute atomic E-state index is 13.1. The van der Waals surface area contributed by atoms with Crippen LogP contribution in [-0.2, 0) is 22.4 Å². The number of hydrogen-bond donors (Lipinski definition) is 1. The minimum Gasteiger partial charge on any atom is -0.279 e. The molecule has 1 N–H and O–H groups in total. The molecule has 0 aliphatic rings. The van der Waals surface area contributed by atoms with E-state index in [0.717, 1.165) is 0 Å². The van der Waals surface area contributed by atoms with Crippen LogP contribution in [0.1, 0.15) is 61.8 Å². The van der Waals surface area contributed by atoms with Crippen LogP contribution in [0.25, 0.3) is 0 Å². The van der Waals surface area contributed by atoms with Gasteiger partial charge in [0.1, 0.15) is 0 Å². The Labute approximate surface area is 185 Å². The van der Waals surface area contributed by atoms with Crippen LogP contribution < -0.4 is 4.72 Å². The summed E-state index contributed by atoms with van der Waals surface area (Å²) >= 11 is 3.34. The van der Waals surface area contributed by atoms with E-state index in [9.17, 15) is 34.8 Å². The molecule has 0 saturated carbocycles. The maximum atomic E-state index is 13.1. The zero-order valence-corrected chi connectivity index (χ0v) is 19.3. The van der Waals surface area contributed by atoms with Crippen LogP contribution in [0.5, 0.6) is 0 Å². The first-order valence-electron chi connectivity index (χ1n) is 9.09. The summed E-state index contributed by atoms with van der Waals surface area (Å²) in [5.41, 5.74) is -2.17. The topological polar surface area (TPSA) is 46.2 Å². The first-order chi connectivity index (χ1) is 13.9. The van der Waals surface area contributed by atoms with Gasteiger partial charge in [0.05, 0.1) is 21.7 Å². The Kier molecular flexibility index (Phi) is 7.12. The van der Waals surface area contributed by atoms with Gasteiger partial charge in [-0.1, -0.05) is 43.6 Å². The van der Waals surface area contributed by atoms with Crippen molar-refractivity contribution in [2.24, 2.45) is 0 Å². The zero-order chi connectivity index (χ0) is 23.9. The fourth-order valence-electron chi connectivity index (χ4n) is 2.95. The molecule has 0 radical (unpaired) electrons. The fourth-order valence-corrected chi connectivity index (χ4v) is 4.63. The molecule has 0 aliphatic heterocycles. The van der Waals surface area contributed by atoms with Gasteiger partial charge in [0.25, 0.3) is 10.0 Å². The van der Waals surface area contributed by atoms with Crippen molar-refractivity contribution in [3.8, 4) is 0 Å². The van der Waals surface area contributed by atoms with E-state index in [-0.39, 0.29) is 35.7 Å². The lowest BCUT2D eigenvalue weighted by molar-refractivity contribution is -0.143. The van der Waals surface area contributed by atoms with E-state index in [4.69, 9.17) is 0 Å². The molecule has 2 aromatic carbocycles. The minimum atomic E-state index is -5.16. The number of hydrogen-bond acceptors (Lipinski definition) is 2. The summed E-state index contributed by atoms with van der Waals surface area (Å²) in [6.07, 6.45) is -10.3. The number of anilines is 1. The molecular formula is C20H20BrF6NO2S. The Hall–Kier alpha value is -1.75. The van der Waals surface area contributed by atoms with E-state index >= 15 is 0 Å². The summed E-state index contributed by atoms with van der Waals surface area (Å²) < 4.78 is 108. The van der Waals surface area contributed by atoms with Crippen LogP contribution in [-0.4, -0.2) is 8.42 Å². The largest absolute Gasteiger partial charge is 0.416 e. The smallest absolute Gasteiger partial charge is 0.279 e. The Balaban J connectivity index is 2.73. The van der Waals surface area contributed by atoms with Gasteiger partial charge >= 0.3 is 12.4 Å². The van der Waals surface area contributed by atoms with Crippen LogP contribution >= 0.6 is 15.9 Å². The summed E-state index contributed by atoms with van der Waals surface area (Å²) in [7, 11) is -4.77. The van der Waals surface area contributed by atoms with E-state index in [0.29, 0.717) is 15.6 Å². The van der Waals surface area contributed by atoms with Crippen molar-refractivity contribution in [1.82, 2.24) is 0 Å². The molecule has 0 aliphatic carbocycles. The van der Waals surface area contributed by atoms with Gasteiger partial charge < -0.3 is 0 Å². The molecule has 0 atom stereocenters. The average molecular weight is 532 g/mol. The zero-order valence-electron chi connectivity index (χ0n) is 16.9. The molecule has 0 bridgehead atoms. The van der Waals surface area contributed by atoms with Gasteiger partial charge in [-0.2, -0.15) is 26.3 Å². The molecule has 0 spiro atoms. The molecule has 0 fully saturated rings. The molecule has 0 aromatic heterocycles. The second-order valence-corrected chi connectivity index (χ2v) is 10.2. The highest BCUT2D eigenvalue weighted by Gasteiger charge is 2.38. The summed E-state index contributed by atoms with van der Waals surface area (Å²) in [6, 6.07) is 3.59. The van der Waals surface area contributed by atoms with Gasteiger partial charge in [-0.25, -0.2) is 8.42 Å². The van der Waals surface area contributed by atoms with Crippen molar-refractivity contribution < 1.29 is 34.8 Å². The lowest BCUT2D eigenvalue weighted by atomic mass is 9.93. The van der Waals surface area contributed by atoms with Crippen molar-refractivity contribution in [3.63, 3.8) is 0 Å². The number of halogens is 7. The monoisotopic (exact) mass is 531 g/mol. The van der Waals surface area contributed by atoms with Crippen LogP contribution in [0.4, 0.5) is 32.0 Å². The Morgan fingerprint density at radius 2 is 1.16 bits per heavy atom. The predicted octanol–water partition coefficient (Wildman–Crippen LogP) is 7.53. The Bertz CT molecular complexity index is 1010. The molecule has 2 rings (SSSR count). The first kappa shape index (κ1) is 25.5. The van der Waals surface area contributed by atoms with E-state index in [1.54, 1.807) is 39.8 Å². The highest BCUT2D eigenvalue weighted by Crippen LogP contribution is 2.40. The van der Waals surface area contributed by atoms with Crippen molar-refractivity contribution in [2.45, 2.75) is 56.8 Å². The maximum Gasteiger partial charge on any atom is 0.416 e.